The van der Waals surface area contributed by atoms with E-state index in [1.807, 2.05) is 40.9 Å². The number of benzene rings is 1. The van der Waals surface area contributed by atoms with Crippen LogP contribution in [0.5, 0.6) is 0 Å². The van der Waals surface area contributed by atoms with E-state index in [9.17, 15) is 0 Å². The molecule has 2 heterocycles. The van der Waals surface area contributed by atoms with Gasteiger partial charge in [-0.25, -0.2) is 4.99 Å². The van der Waals surface area contributed by atoms with Crippen molar-refractivity contribution in [3.63, 3.8) is 0 Å². The quantitative estimate of drug-likeness (QED) is 0.573. The lowest BCUT2D eigenvalue weighted by Crippen LogP contribution is -2.22. The second kappa shape index (κ2) is 6.48. The van der Waals surface area contributed by atoms with Gasteiger partial charge >= 0.3 is 0 Å². The molecule has 0 saturated heterocycles. The van der Waals surface area contributed by atoms with Gasteiger partial charge in [0, 0.05) is 11.9 Å². The highest BCUT2D eigenvalue weighted by atomic mass is 15.3. The van der Waals surface area contributed by atoms with Crippen molar-refractivity contribution in [2.45, 2.75) is 26.3 Å². The molecule has 118 valence electrons. The first-order valence-electron chi connectivity index (χ1n) is 7.59. The number of hydrogen-bond donors (Lipinski definition) is 2. The molecule has 3 N–H and O–H groups in total. The van der Waals surface area contributed by atoms with E-state index in [1.165, 1.54) is 5.56 Å². The van der Waals surface area contributed by atoms with Gasteiger partial charge in [0.1, 0.15) is 6.54 Å². The Balaban J connectivity index is 1.72. The van der Waals surface area contributed by atoms with Gasteiger partial charge in [0.05, 0.1) is 0 Å². The fourth-order valence-electron chi connectivity index (χ4n) is 2.32. The molecule has 3 aromatic rings. The number of pyridine rings is 1. The highest BCUT2D eigenvalue weighted by molar-refractivity contribution is 5.92. The molecule has 6 heteroatoms. The molecule has 23 heavy (non-hydrogen) atoms. The van der Waals surface area contributed by atoms with E-state index in [2.05, 4.69) is 46.5 Å². The van der Waals surface area contributed by atoms with Gasteiger partial charge in [-0.1, -0.05) is 32.0 Å². The molecule has 0 amide bonds. The average molecular weight is 308 g/mol. The van der Waals surface area contributed by atoms with Crippen LogP contribution >= 0.6 is 0 Å². The van der Waals surface area contributed by atoms with Crippen LogP contribution in [0.25, 0.3) is 5.65 Å². The van der Waals surface area contributed by atoms with Crippen molar-refractivity contribution in [2.75, 3.05) is 5.32 Å². The first-order chi connectivity index (χ1) is 11.1. The first-order valence-corrected chi connectivity index (χ1v) is 7.59. The van der Waals surface area contributed by atoms with Crippen LogP contribution in [0.4, 0.5) is 5.69 Å². The number of nitrogens with zero attached hydrogens (tertiary/aromatic N) is 4. The highest BCUT2D eigenvalue weighted by Gasteiger charge is 2.04. The Morgan fingerprint density at radius 1 is 1.22 bits per heavy atom. The number of guanidine groups is 1. The van der Waals surface area contributed by atoms with Crippen LogP contribution < -0.4 is 11.1 Å². The van der Waals surface area contributed by atoms with Crippen molar-refractivity contribution in [2.24, 2.45) is 10.7 Å². The summed E-state index contributed by atoms with van der Waals surface area (Å²) in [7, 11) is 0. The molecular weight excluding hydrogens is 288 g/mol. The number of anilines is 1. The predicted octanol–water partition coefficient (Wildman–Crippen LogP) is 2.78. The van der Waals surface area contributed by atoms with Crippen LogP contribution in [-0.2, 0) is 6.54 Å². The minimum Gasteiger partial charge on any atom is -0.370 e. The lowest BCUT2D eigenvalue weighted by Gasteiger charge is -2.09. The van der Waals surface area contributed by atoms with Gasteiger partial charge in [-0.3, -0.25) is 4.40 Å². The van der Waals surface area contributed by atoms with E-state index in [0.29, 0.717) is 18.4 Å². The van der Waals surface area contributed by atoms with E-state index < -0.39 is 0 Å². The second-order valence-electron chi connectivity index (χ2n) is 5.65. The highest BCUT2D eigenvalue weighted by Crippen LogP contribution is 2.18. The summed E-state index contributed by atoms with van der Waals surface area (Å²) < 4.78 is 1.90. The lowest BCUT2D eigenvalue weighted by molar-refractivity contribution is 0.867. The van der Waals surface area contributed by atoms with Crippen LogP contribution in [-0.4, -0.2) is 20.6 Å². The van der Waals surface area contributed by atoms with E-state index in [0.717, 1.165) is 17.2 Å². The minimum atomic E-state index is 0.360. The van der Waals surface area contributed by atoms with Gasteiger partial charge in [0.2, 0.25) is 0 Å². The van der Waals surface area contributed by atoms with E-state index in [-0.39, 0.29) is 0 Å². The minimum absolute atomic E-state index is 0.360. The van der Waals surface area contributed by atoms with Gasteiger partial charge in [-0.05, 0) is 35.7 Å². The molecule has 6 nitrogen and oxygen atoms in total. The van der Waals surface area contributed by atoms with Gasteiger partial charge in [0.25, 0.3) is 0 Å². The Bertz CT molecular complexity index is 834. The summed E-state index contributed by atoms with van der Waals surface area (Å²) in [5.74, 6) is 1.58. The summed E-state index contributed by atoms with van der Waals surface area (Å²) >= 11 is 0. The van der Waals surface area contributed by atoms with Crippen molar-refractivity contribution in [3.8, 4) is 0 Å². The number of fused-ring (bicyclic) bond motifs is 1. The molecule has 0 aliphatic heterocycles. The summed E-state index contributed by atoms with van der Waals surface area (Å²) in [5.41, 5.74) is 8.96. The summed E-state index contributed by atoms with van der Waals surface area (Å²) in [6.45, 7) is 4.69. The molecule has 0 aliphatic rings. The zero-order valence-corrected chi connectivity index (χ0v) is 13.3. The van der Waals surface area contributed by atoms with Crippen molar-refractivity contribution in [3.05, 3.63) is 60.0 Å². The van der Waals surface area contributed by atoms with E-state index in [4.69, 9.17) is 5.73 Å². The SMILES string of the molecule is CC(C)c1cccc(NC(N)=NCc2nnc3ccccn23)c1. The van der Waals surface area contributed by atoms with Crippen molar-refractivity contribution in [1.82, 2.24) is 14.6 Å². The van der Waals surface area contributed by atoms with Gasteiger partial charge < -0.3 is 11.1 Å². The summed E-state index contributed by atoms with van der Waals surface area (Å²) in [4.78, 5) is 4.35. The molecule has 2 aromatic heterocycles. The standard InChI is InChI=1S/C17H20N6/c1-12(2)13-6-5-7-14(10-13)20-17(18)19-11-16-22-21-15-8-3-4-9-23(15)16/h3-10,12H,11H2,1-2H3,(H3,18,19,20). The maximum absolute atomic E-state index is 5.97. The van der Waals surface area contributed by atoms with Crippen LogP contribution in [0.3, 0.4) is 0 Å². The van der Waals surface area contributed by atoms with Gasteiger partial charge in [-0.15, -0.1) is 10.2 Å². The number of nitrogens with two attached hydrogens (primary N) is 1. The van der Waals surface area contributed by atoms with Crippen LogP contribution in [0, 0.1) is 0 Å². The third-order valence-electron chi connectivity index (χ3n) is 3.60. The smallest absolute Gasteiger partial charge is 0.193 e. The fourth-order valence-corrected chi connectivity index (χ4v) is 2.32. The van der Waals surface area contributed by atoms with Crippen molar-refractivity contribution in [1.29, 1.82) is 0 Å². The van der Waals surface area contributed by atoms with Crippen molar-refractivity contribution < 1.29 is 0 Å². The van der Waals surface area contributed by atoms with Gasteiger partial charge in [-0.2, -0.15) is 0 Å². The lowest BCUT2D eigenvalue weighted by atomic mass is 10.0. The Morgan fingerprint density at radius 3 is 2.91 bits per heavy atom. The molecule has 0 aliphatic carbocycles. The van der Waals surface area contributed by atoms with Crippen LogP contribution in [0.1, 0.15) is 31.2 Å². The Kier molecular flexibility index (Phi) is 4.23. The molecule has 0 atom stereocenters. The number of aliphatic imine (C=N–C) groups is 1. The zero-order valence-electron chi connectivity index (χ0n) is 13.3. The van der Waals surface area contributed by atoms with E-state index in [1.54, 1.807) is 0 Å². The summed E-state index contributed by atoms with van der Waals surface area (Å²) in [5, 5.41) is 11.3. The molecule has 0 spiro atoms. The predicted molar refractivity (Wildman–Crippen MR) is 92.5 cm³/mol. The molecule has 0 saturated carbocycles. The zero-order chi connectivity index (χ0) is 16.2. The summed E-state index contributed by atoms with van der Waals surface area (Å²) in [6.07, 6.45) is 1.91. The van der Waals surface area contributed by atoms with Crippen LogP contribution in [0.15, 0.2) is 53.7 Å². The summed E-state index contributed by atoms with van der Waals surface area (Å²) in [6, 6.07) is 13.9. The van der Waals surface area contributed by atoms with Crippen molar-refractivity contribution >= 4 is 17.3 Å². The number of nitrogens with one attached hydrogen (secondary N) is 1. The largest absolute Gasteiger partial charge is 0.370 e. The third-order valence-corrected chi connectivity index (χ3v) is 3.60. The molecular formula is C17H20N6. The fraction of sp³-hybridized carbons (Fsp3) is 0.235. The molecule has 0 radical (unpaired) electrons. The Morgan fingerprint density at radius 2 is 2.09 bits per heavy atom. The number of hydrogen-bond acceptors (Lipinski definition) is 3. The second-order valence-corrected chi connectivity index (χ2v) is 5.65. The molecule has 1 aromatic carbocycles. The van der Waals surface area contributed by atoms with E-state index >= 15 is 0 Å². The number of rotatable bonds is 4. The third kappa shape index (κ3) is 3.48. The first kappa shape index (κ1) is 15.0. The maximum atomic E-state index is 5.97. The maximum Gasteiger partial charge on any atom is 0.193 e. The van der Waals surface area contributed by atoms with Crippen LogP contribution in [0.2, 0.25) is 0 Å². The Hall–Kier alpha value is -2.89. The molecule has 3 rings (SSSR count). The normalized spacial score (nSPS) is 12.0. The average Bonchev–Trinajstić information content (AvgIpc) is 2.96. The Labute approximate surface area is 135 Å². The van der Waals surface area contributed by atoms with Gasteiger partial charge in [0.15, 0.2) is 17.4 Å². The molecule has 0 unspecified atom stereocenters. The molecule has 0 bridgehead atoms. The topological polar surface area (TPSA) is 80.6 Å². The number of aromatic nitrogens is 3. The molecule has 0 fully saturated rings. The monoisotopic (exact) mass is 308 g/mol.